The van der Waals surface area contributed by atoms with E-state index in [0.29, 0.717) is 17.3 Å². The lowest BCUT2D eigenvalue weighted by Gasteiger charge is -2.45. The van der Waals surface area contributed by atoms with Gasteiger partial charge in [-0.05, 0) is 50.1 Å². The molecule has 26 heavy (non-hydrogen) atoms. The molecule has 0 spiro atoms. The maximum absolute atomic E-state index is 12.4. The number of primary amides is 1. The van der Waals surface area contributed by atoms with Crippen molar-refractivity contribution in [2.45, 2.75) is 38.7 Å². The van der Waals surface area contributed by atoms with Crippen molar-refractivity contribution in [2.24, 2.45) is 5.73 Å². The first-order valence-electron chi connectivity index (χ1n) is 8.50. The van der Waals surface area contributed by atoms with Gasteiger partial charge in [0.2, 0.25) is 0 Å². The second-order valence-electron chi connectivity index (χ2n) is 6.87. The van der Waals surface area contributed by atoms with E-state index in [4.69, 9.17) is 26.8 Å². The van der Waals surface area contributed by atoms with Crippen LogP contribution >= 0.6 is 11.6 Å². The van der Waals surface area contributed by atoms with Crippen LogP contribution in [0.5, 0.6) is 0 Å². The molecule has 0 aliphatic carbocycles. The number of ether oxygens (including phenoxy) is 2. The summed E-state index contributed by atoms with van der Waals surface area (Å²) in [5.74, 6) is -0.755. The lowest BCUT2D eigenvalue weighted by Crippen LogP contribution is -2.55. The van der Waals surface area contributed by atoms with Crippen molar-refractivity contribution >= 4 is 23.3 Å². The standard InChI is InChI=1S/C20H23ClN2O3/c1-13-11-15(21)9-10-16(13)23(19(22)24)17-12-25-20(2,3)26-18(17)14-7-5-4-6-8-14/h4-11,17-18H,12H2,1-3H3,(H2,22,24)/t17-,18-/m0/s1. The average molecular weight is 375 g/mol. The lowest BCUT2D eigenvalue weighted by atomic mass is 9.98. The van der Waals surface area contributed by atoms with Gasteiger partial charge < -0.3 is 15.2 Å². The maximum Gasteiger partial charge on any atom is 0.319 e. The predicted molar refractivity (Wildman–Crippen MR) is 102 cm³/mol. The van der Waals surface area contributed by atoms with Gasteiger partial charge >= 0.3 is 6.03 Å². The molecule has 6 heteroatoms. The number of benzene rings is 2. The quantitative estimate of drug-likeness (QED) is 0.864. The SMILES string of the molecule is Cc1cc(Cl)ccc1N(C(N)=O)[C@H]1COC(C)(C)O[C@H]1c1ccccc1. The second kappa shape index (κ2) is 7.27. The summed E-state index contributed by atoms with van der Waals surface area (Å²) in [5.41, 5.74) is 8.27. The largest absolute Gasteiger partial charge is 0.351 e. The Morgan fingerprint density at radius 3 is 2.54 bits per heavy atom. The summed E-state index contributed by atoms with van der Waals surface area (Å²) in [4.78, 5) is 13.9. The van der Waals surface area contributed by atoms with E-state index in [1.807, 2.05) is 51.1 Å². The highest BCUT2D eigenvalue weighted by molar-refractivity contribution is 6.30. The van der Waals surface area contributed by atoms with Gasteiger partial charge in [0.05, 0.1) is 12.6 Å². The van der Waals surface area contributed by atoms with E-state index in [-0.39, 0.29) is 6.10 Å². The number of halogens is 1. The first-order chi connectivity index (χ1) is 12.3. The Kier molecular flexibility index (Phi) is 5.23. The van der Waals surface area contributed by atoms with Crippen molar-refractivity contribution in [1.29, 1.82) is 0 Å². The molecule has 1 heterocycles. The number of rotatable bonds is 3. The zero-order chi connectivity index (χ0) is 18.9. The molecule has 2 amide bonds. The van der Waals surface area contributed by atoms with E-state index in [1.165, 1.54) is 0 Å². The summed E-state index contributed by atoms with van der Waals surface area (Å²) >= 11 is 6.06. The van der Waals surface area contributed by atoms with Crippen LogP contribution in [0.1, 0.15) is 31.1 Å². The smallest absolute Gasteiger partial charge is 0.319 e. The number of hydrogen-bond acceptors (Lipinski definition) is 3. The second-order valence-corrected chi connectivity index (χ2v) is 7.30. The van der Waals surface area contributed by atoms with E-state index in [2.05, 4.69) is 0 Å². The third-order valence-electron chi connectivity index (χ3n) is 4.48. The highest BCUT2D eigenvalue weighted by Crippen LogP contribution is 2.38. The molecule has 2 aromatic carbocycles. The van der Waals surface area contributed by atoms with E-state index >= 15 is 0 Å². The van der Waals surface area contributed by atoms with Gasteiger partial charge in [-0.1, -0.05) is 41.9 Å². The summed E-state index contributed by atoms with van der Waals surface area (Å²) < 4.78 is 12.0. The number of nitrogens with zero attached hydrogens (tertiary/aromatic N) is 1. The molecule has 1 aliphatic heterocycles. The average Bonchev–Trinajstić information content (AvgIpc) is 2.58. The predicted octanol–water partition coefficient (Wildman–Crippen LogP) is 4.43. The van der Waals surface area contributed by atoms with Crippen molar-refractivity contribution < 1.29 is 14.3 Å². The third-order valence-corrected chi connectivity index (χ3v) is 4.71. The molecule has 2 aromatic rings. The maximum atomic E-state index is 12.4. The Balaban J connectivity index is 2.05. The van der Waals surface area contributed by atoms with Gasteiger partial charge in [0, 0.05) is 10.7 Å². The molecule has 0 radical (unpaired) electrons. The number of anilines is 1. The molecule has 0 aromatic heterocycles. The van der Waals surface area contributed by atoms with Crippen LogP contribution in [0.4, 0.5) is 10.5 Å². The third kappa shape index (κ3) is 3.85. The molecule has 0 unspecified atom stereocenters. The van der Waals surface area contributed by atoms with Gasteiger partial charge in [0.15, 0.2) is 5.79 Å². The Labute approximate surface area is 158 Å². The topological polar surface area (TPSA) is 64.8 Å². The Bertz CT molecular complexity index is 795. The molecule has 0 saturated carbocycles. The van der Waals surface area contributed by atoms with E-state index < -0.39 is 17.9 Å². The van der Waals surface area contributed by atoms with Crippen LogP contribution in [0.2, 0.25) is 5.02 Å². The summed E-state index contributed by atoms with van der Waals surface area (Å²) in [6.45, 7) is 5.92. The number of nitrogens with two attached hydrogens (primary N) is 1. The van der Waals surface area contributed by atoms with Crippen molar-refractivity contribution in [2.75, 3.05) is 11.5 Å². The molecular formula is C20H23ClN2O3. The van der Waals surface area contributed by atoms with Gasteiger partial charge in [-0.25, -0.2) is 4.79 Å². The van der Waals surface area contributed by atoms with Gasteiger partial charge in [-0.3, -0.25) is 4.90 Å². The van der Waals surface area contributed by atoms with Gasteiger partial charge in [-0.2, -0.15) is 0 Å². The van der Waals surface area contributed by atoms with Crippen LogP contribution in [-0.4, -0.2) is 24.5 Å². The van der Waals surface area contributed by atoms with E-state index in [1.54, 1.807) is 23.1 Å². The van der Waals surface area contributed by atoms with Crippen LogP contribution in [-0.2, 0) is 9.47 Å². The fourth-order valence-corrected chi connectivity index (χ4v) is 3.51. The van der Waals surface area contributed by atoms with E-state index in [9.17, 15) is 4.79 Å². The summed E-state index contributed by atoms with van der Waals surface area (Å²) in [6.07, 6.45) is -0.373. The van der Waals surface area contributed by atoms with Crippen LogP contribution in [0.25, 0.3) is 0 Å². The highest BCUT2D eigenvalue weighted by atomic mass is 35.5. The van der Waals surface area contributed by atoms with Gasteiger partial charge in [0.1, 0.15) is 6.10 Å². The van der Waals surface area contributed by atoms with Crippen molar-refractivity contribution in [3.05, 3.63) is 64.7 Å². The van der Waals surface area contributed by atoms with Gasteiger partial charge in [0.25, 0.3) is 0 Å². The first-order valence-corrected chi connectivity index (χ1v) is 8.88. The fourth-order valence-electron chi connectivity index (χ4n) is 3.28. The minimum atomic E-state index is -0.755. The van der Waals surface area contributed by atoms with Crippen molar-refractivity contribution in [1.82, 2.24) is 0 Å². The molecule has 2 atom stereocenters. The Morgan fingerprint density at radius 2 is 1.92 bits per heavy atom. The van der Waals surface area contributed by atoms with Crippen molar-refractivity contribution in [3.63, 3.8) is 0 Å². The first kappa shape index (κ1) is 18.7. The Hall–Kier alpha value is -2.08. The zero-order valence-electron chi connectivity index (χ0n) is 15.1. The Morgan fingerprint density at radius 1 is 1.23 bits per heavy atom. The molecule has 2 N–H and O–H groups in total. The number of amides is 2. The van der Waals surface area contributed by atoms with Crippen molar-refractivity contribution in [3.8, 4) is 0 Å². The molecule has 5 nitrogen and oxygen atoms in total. The minimum Gasteiger partial charge on any atom is -0.351 e. The monoisotopic (exact) mass is 374 g/mol. The van der Waals surface area contributed by atoms with Crippen LogP contribution in [0.15, 0.2) is 48.5 Å². The molecular weight excluding hydrogens is 352 g/mol. The number of aryl methyl sites for hydroxylation is 1. The molecule has 138 valence electrons. The van der Waals surface area contributed by atoms with Crippen LogP contribution < -0.4 is 10.6 Å². The molecule has 0 bridgehead atoms. The molecule has 1 fully saturated rings. The number of hydrogen-bond donors (Lipinski definition) is 1. The molecule has 1 aliphatic rings. The minimum absolute atomic E-state index is 0.303. The van der Waals surface area contributed by atoms with Crippen LogP contribution in [0, 0.1) is 6.92 Å². The number of urea groups is 1. The molecule has 3 rings (SSSR count). The molecule has 1 saturated heterocycles. The summed E-state index contributed by atoms with van der Waals surface area (Å²) in [5, 5.41) is 0.604. The normalized spacial score (nSPS) is 22.0. The van der Waals surface area contributed by atoms with Gasteiger partial charge in [-0.15, -0.1) is 0 Å². The summed E-state index contributed by atoms with van der Waals surface area (Å²) in [7, 11) is 0. The number of carbonyl (C=O) groups excluding carboxylic acids is 1. The fraction of sp³-hybridized carbons (Fsp3) is 0.350. The van der Waals surface area contributed by atoms with E-state index in [0.717, 1.165) is 11.1 Å². The number of carbonyl (C=O) groups is 1. The van der Waals surface area contributed by atoms with Crippen LogP contribution in [0.3, 0.4) is 0 Å². The highest BCUT2D eigenvalue weighted by Gasteiger charge is 2.42. The zero-order valence-corrected chi connectivity index (χ0v) is 15.9. The summed E-state index contributed by atoms with van der Waals surface area (Å²) in [6, 6.07) is 14.2. The lowest BCUT2D eigenvalue weighted by molar-refractivity contribution is -0.281.